The molecule has 0 nitrogen and oxygen atoms in total. The van der Waals surface area contributed by atoms with E-state index >= 15 is 0 Å². The molecule has 0 bridgehead atoms. The van der Waals surface area contributed by atoms with E-state index < -0.39 is 0 Å². The number of hydrogen-bond donors (Lipinski definition) is 0. The zero-order valence-electron chi connectivity index (χ0n) is 29.6. The van der Waals surface area contributed by atoms with Gasteiger partial charge in [0.15, 0.2) is 0 Å². The maximum atomic E-state index is 6.38. The number of halogens is 2. The third-order valence-electron chi connectivity index (χ3n) is 9.27. The van der Waals surface area contributed by atoms with Gasteiger partial charge in [0, 0.05) is 0 Å². The smallest absolute Gasteiger partial charge is 0.172 e. The van der Waals surface area contributed by atoms with Crippen molar-refractivity contribution in [3.05, 3.63) is 178 Å². The zero-order chi connectivity index (χ0) is 35.6. The van der Waals surface area contributed by atoms with Crippen molar-refractivity contribution in [1.29, 1.82) is 0 Å². The van der Waals surface area contributed by atoms with Gasteiger partial charge in [0.2, 0.25) is 0 Å². The molecule has 0 aromatic heterocycles. The Labute approximate surface area is 321 Å². The Bertz CT molecular complexity index is 2260. The zero-order valence-corrected chi connectivity index (χ0v) is 33.6. The summed E-state index contributed by atoms with van der Waals surface area (Å²) in [6.45, 7) is 13.6. The summed E-state index contributed by atoms with van der Waals surface area (Å²) in [5.41, 5.74) is 5.69. The fraction of sp³-hybridized carbons (Fsp3) is 0.170. The first-order valence-corrected chi connectivity index (χ1v) is 19.1. The molecular weight excluding hydrogens is 727 g/mol. The maximum absolute atomic E-state index is 6.38. The van der Waals surface area contributed by atoms with Crippen LogP contribution in [0.1, 0.15) is 63.8 Å². The molecule has 0 spiro atoms. The van der Waals surface area contributed by atoms with E-state index in [-0.39, 0.29) is 10.8 Å². The molecule has 0 radical (unpaired) electrons. The van der Waals surface area contributed by atoms with Crippen molar-refractivity contribution >= 4 is 69.5 Å². The molecule has 8 aromatic rings. The van der Waals surface area contributed by atoms with Crippen LogP contribution in [0.25, 0.3) is 43.1 Å². The maximum Gasteiger partial charge on any atom is -0.172 e. The predicted molar refractivity (Wildman–Crippen MR) is 218 cm³/mol. The molecule has 0 unspecified atom stereocenters. The topological polar surface area (TPSA) is 0 Å². The van der Waals surface area contributed by atoms with Gasteiger partial charge in [-0.25, -0.2) is 12.1 Å². The second kappa shape index (κ2) is 14.9. The minimum atomic E-state index is 0.203. The Morgan fingerprint density at radius 3 is 1.24 bits per heavy atom. The van der Waals surface area contributed by atoms with E-state index in [0.29, 0.717) is 0 Å². The molecule has 50 heavy (non-hydrogen) atoms. The van der Waals surface area contributed by atoms with E-state index in [4.69, 9.17) is 23.2 Å². The van der Waals surface area contributed by atoms with Crippen molar-refractivity contribution in [2.45, 2.75) is 52.4 Å². The van der Waals surface area contributed by atoms with Crippen LogP contribution in [-0.4, -0.2) is 3.21 Å². The van der Waals surface area contributed by atoms with Crippen molar-refractivity contribution in [1.82, 2.24) is 0 Å². The summed E-state index contributed by atoms with van der Waals surface area (Å²) in [5.74, 6) is 0. The van der Waals surface area contributed by atoms with E-state index in [0.717, 1.165) is 20.8 Å². The third-order valence-corrected chi connectivity index (χ3v) is 11.3. The number of rotatable bonds is 2. The molecule has 0 aliphatic heterocycles. The number of benzene rings is 6. The van der Waals surface area contributed by atoms with Crippen LogP contribution in [-0.2, 0) is 35.1 Å². The third kappa shape index (κ3) is 7.82. The van der Waals surface area contributed by atoms with E-state index in [1.54, 1.807) is 0 Å². The Kier molecular flexibility index (Phi) is 10.8. The van der Waals surface area contributed by atoms with Gasteiger partial charge in [-0.05, 0) is 10.8 Å². The average molecular weight is 769 g/mol. The van der Waals surface area contributed by atoms with Crippen LogP contribution in [0.3, 0.4) is 0 Å². The van der Waals surface area contributed by atoms with Crippen molar-refractivity contribution < 1.29 is 24.2 Å². The molecule has 0 aliphatic carbocycles. The van der Waals surface area contributed by atoms with Gasteiger partial charge in [0.1, 0.15) is 0 Å². The summed E-state index contributed by atoms with van der Waals surface area (Å²) in [5, 5.41) is 11.6. The average Bonchev–Trinajstić information content (AvgIpc) is 3.80. The summed E-state index contributed by atoms with van der Waals surface area (Å²) in [7, 11) is 0. The SMILES string of the molecule is CC(C)(C)c1ccc2c(c1)[cH-]c1cc(C(C)(C)C)ccc12.Clc1ccc([C](=[Zr+2])c2ccc(Cl)c3ccccc23)c2ccccc12.c1cc[cH-]c1. The molecule has 0 fully saturated rings. The molecule has 0 N–H and O–H groups in total. The standard InChI is InChI=1S/C21H12Cl2.C21H25.C5H5.Zr/c22-20-11-9-14(16-5-1-3-7-18(16)20)13-15-10-12-21(23)19-8-4-2-6-17(15)19;1-20(2,3)16-7-9-18-14(12-16)11-15-13-17(21(4,5)6)8-10-19(15)18;1-2-4-5-3-1;/h1-12H;7-13H,1-6H3;1-5H;/q;2*-1;+2. The molecule has 0 aliphatic rings. The van der Waals surface area contributed by atoms with Gasteiger partial charge in [-0.3, -0.25) is 0 Å². The van der Waals surface area contributed by atoms with Crippen molar-refractivity contribution in [2.24, 2.45) is 0 Å². The van der Waals surface area contributed by atoms with Crippen LogP contribution >= 0.6 is 23.2 Å². The van der Waals surface area contributed by atoms with Gasteiger partial charge in [0.05, 0.1) is 0 Å². The second-order valence-electron chi connectivity index (χ2n) is 14.9. The minimum absolute atomic E-state index is 0.203. The Morgan fingerprint density at radius 2 is 0.880 bits per heavy atom. The molecule has 0 atom stereocenters. The fourth-order valence-corrected chi connectivity index (χ4v) is 7.91. The van der Waals surface area contributed by atoms with Gasteiger partial charge in [-0.1, -0.05) is 76.9 Å². The van der Waals surface area contributed by atoms with Gasteiger partial charge in [-0.15, -0.1) is 39.7 Å². The first-order chi connectivity index (χ1) is 23.8. The van der Waals surface area contributed by atoms with Gasteiger partial charge < -0.3 is 0 Å². The van der Waals surface area contributed by atoms with E-state index in [1.807, 2.05) is 54.6 Å². The summed E-state index contributed by atoms with van der Waals surface area (Å²) in [6, 6.07) is 51.0. The van der Waals surface area contributed by atoms with Crippen LogP contribution < -0.4 is 0 Å². The van der Waals surface area contributed by atoms with E-state index in [9.17, 15) is 0 Å². The van der Waals surface area contributed by atoms with Crippen molar-refractivity contribution in [3.8, 4) is 0 Å². The normalized spacial score (nSPS) is 11.7. The summed E-state index contributed by atoms with van der Waals surface area (Å²) < 4.78 is 1.31. The van der Waals surface area contributed by atoms with Crippen LogP contribution in [0.5, 0.6) is 0 Å². The first kappa shape index (κ1) is 36.2. The Morgan fingerprint density at radius 1 is 0.480 bits per heavy atom. The van der Waals surface area contributed by atoms with Crippen LogP contribution in [0, 0.1) is 0 Å². The quantitative estimate of drug-likeness (QED) is 0.154. The molecule has 0 saturated carbocycles. The van der Waals surface area contributed by atoms with E-state index in [1.165, 1.54) is 82.0 Å². The summed E-state index contributed by atoms with van der Waals surface area (Å²) in [6.07, 6.45) is 0. The fourth-order valence-electron chi connectivity index (χ4n) is 6.38. The second-order valence-corrected chi connectivity index (χ2v) is 16.9. The Balaban J connectivity index is 0.000000153. The number of hydrogen-bond acceptors (Lipinski definition) is 0. The van der Waals surface area contributed by atoms with Crippen molar-refractivity contribution in [2.75, 3.05) is 0 Å². The van der Waals surface area contributed by atoms with Gasteiger partial charge >= 0.3 is 166 Å². The minimum Gasteiger partial charge on any atom is -0.214 e. The number of fused-ring (bicyclic) bond motifs is 5. The van der Waals surface area contributed by atoms with Crippen LogP contribution in [0.15, 0.2) is 146 Å². The molecule has 248 valence electrons. The first-order valence-electron chi connectivity index (χ1n) is 17.1. The largest absolute Gasteiger partial charge is 0.214 e. The molecule has 3 heteroatoms. The summed E-state index contributed by atoms with van der Waals surface area (Å²) in [4.78, 5) is 0. The molecule has 0 amide bonds. The molecular formula is C47H42Cl2Zr. The molecule has 8 aromatic carbocycles. The molecule has 0 saturated heterocycles. The predicted octanol–water partition coefficient (Wildman–Crippen LogP) is 14.1. The van der Waals surface area contributed by atoms with Crippen LogP contribution in [0.2, 0.25) is 10.0 Å². The molecule has 0 heterocycles. The monoisotopic (exact) mass is 766 g/mol. The Hall–Kier alpha value is -3.61. The summed E-state index contributed by atoms with van der Waals surface area (Å²) >= 11 is 14.1. The van der Waals surface area contributed by atoms with Gasteiger partial charge in [0.25, 0.3) is 0 Å². The van der Waals surface area contributed by atoms with E-state index in [2.05, 4.69) is 133 Å². The van der Waals surface area contributed by atoms with Crippen LogP contribution in [0.4, 0.5) is 0 Å². The van der Waals surface area contributed by atoms with Crippen molar-refractivity contribution in [3.63, 3.8) is 0 Å². The van der Waals surface area contributed by atoms with Gasteiger partial charge in [-0.2, -0.15) is 18.2 Å². The molecule has 8 rings (SSSR count).